The summed E-state index contributed by atoms with van der Waals surface area (Å²) in [5, 5.41) is 0.652. The number of carbonyl (C=O) groups excluding carboxylic acids is 1. The smallest absolute Gasteiger partial charge is 0.350 e. The van der Waals surface area contributed by atoms with E-state index >= 15 is 0 Å². The summed E-state index contributed by atoms with van der Waals surface area (Å²) in [5.41, 5.74) is 0.651. The molecule has 0 aromatic carbocycles. The van der Waals surface area contributed by atoms with Crippen molar-refractivity contribution < 1.29 is 19.0 Å². The molecule has 18 heavy (non-hydrogen) atoms. The maximum absolute atomic E-state index is 11.7. The zero-order valence-electron chi connectivity index (χ0n) is 11.2. The van der Waals surface area contributed by atoms with Gasteiger partial charge in [-0.1, -0.05) is 0 Å². The standard InChI is InChI=1S/C12H19NO4S/c1-5-15-11(14)9-8(4)13-10(18-9)12(16-6-2)17-7-3/h12H,5-7H2,1-4H3. The zero-order chi connectivity index (χ0) is 13.5. The number of hydrogen-bond donors (Lipinski definition) is 0. The highest BCUT2D eigenvalue weighted by Gasteiger charge is 2.22. The molecule has 102 valence electrons. The quantitative estimate of drug-likeness (QED) is 0.564. The summed E-state index contributed by atoms with van der Waals surface area (Å²) in [6.07, 6.45) is -0.508. The van der Waals surface area contributed by atoms with E-state index in [0.29, 0.717) is 35.4 Å². The van der Waals surface area contributed by atoms with Gasteiger partial charge in [0.2, 0.25) is 6.29 Å². The summed E-state index contributed by atoms with van der Waals surface area (Å²) in [7, 11) is 0. The van der Waals surface area contributed by atoms with Crippen LogP contribution in [0.5, 0.6) is 0 Å². The summed E-state index contributed by atoms with van der Waals surface area (Å²) in [6.45, 7) is 8.74. The highest BCUT2D eigenvalue weighted by molar-refractivity contribution is 7.13. The van der Waals surface area contributed by atoms with Crippen molar-refractivity contribution in [2.75, 3.05) is 19.8 Å². The van der Waals surface area contributed by atoms with Crippen molar-refractivity contribution in [2.45, 2.75) is 34.0 Å². The molecule has 0 saturated carbocycles. The third-order valence-electron chi connectivity index (χ3n) is 2.11. The molecule has 5 nitrogen and oxygen atoms in total. The van der Waals surface area contributed by atoms with E-state index in [9.17, 15) is 4.79 Å². The topological polar surface area (TPSA) is 57.7 Å². The van der Waals surface area contributed by atoms with E-state index in [1.165, 1.54) is 11.3 Å². The number of nitrogens with zero attached hydrogens (tertiary/aromatic N) is 1. The molecule has 0 fully saturated rings. The summed E-state index contributed by atoms with van der Waals surface area (Å²) >= 11 is 1.26. The Morgan fingerprint density at radius 3 is 2.33 bits per heavy atom. The van der Waals surface area contributed by atoms with Gasteiger partial charge in [0, 0.05) is 13.2 Å². The van der Waals surface area contributed by atoms with Crippen molar-refractivity contribution in [1.29, 1.82) is 0 Å². The fraction of sp³-hybridized carbons (Fsp3) is 0.667. The van der Waals surface area contributed by atoms with Crippen molar-refractivity contribution in [1.82, 2.24) is 4.98 Å². The first-order valence-corrected chi connectivity index (χ1v) is 6.83. The van der Waals surface area contributed by atoms with E-state index in [1.54, 1.807) is 13.8 Å². The molecule has 6 heteroatoms. The van der Waals surface area contributed by atoms with Crippen molar-refractivity contribution in [3.05, 3.63) is 15.6 Å². The average molecular weight is 273 g/mol. The Hall–Kier alpha value is -0.980. The fourth-order valence-corrected chi connectivity index (χ4v) is 2.36. The lowest BCUT2D eigenvalue weighted by molar-refractivity contribution is -0.140. The predicted octanol–water partition coefficient (Wildman–Crippen LogP) is 2.70. The largest absolute Gasteiger partial charge is 0.462 e. The highest BCUT2D eigenvalue weighted by Crippen LogP contribution is 2.27. The molecule has 0 unspecified atom stereocenters. The molecule has 1 heterocycles. The number of carbonyl (C=O) groups is 1. The van der Waals surface area contributed by atoms with Crippen molar-refractivity contribution in [3.63, 3.8) is 0 Å². The van der Waals surface area contributed by atoms with Gasteiger partial charge in [-0.3, -0.25) is 0 Å². The van der Waals surface area contributed by atoms with Crippen LogP contribution >= 0.6 is 11.3 Å². The van der Waals surface area contributed by atoms with Gasteiger partial charge in [0.25, 0.3) is 0 Å². The molecule has 0 amide bonds. The lowest BCUT2D eigenvalue weighted by Gasteiger charge is -2.13. The minimum atomic E-state index is -0.508. The van der Waals surface area contributed by atoms with Gasteiger partial charge < -0.3 is 14.2 Å². The molecule has 1 aromatic rings. The lowest BCUT2D eigenvalue weighted by Crippen LogP contribution is -2.08. The van der Waals surface area contributed by atoms with Gasteiger partial charge in [-0.15, -0.1) is 11.3 Å². The highest BCUT2D eigenvalue weighted by atomic mass is 32.1. The normalized spacial score (nSPS) is 10.9. The molecule has 0 bridgehead atoms. The van der Waals surface area contributed by atoms with Crippen LogP contribution in [-0.2, 0) is 14.2 Å². The monoisotopic (exact) mass is 273 g/mol. The van der Waals surface area contributed by atoms with Crippen LogP contribution in [0.4, 0.5) is 0 Å². The number of hydrogen-bond acceptors (Lipinski definition) is 6. The first-order valence-electron chi connectivity index (χ1n) is 6.01. The summed E-state index contributed by atoms with van der Waals surface area (Å²) < 4.78 is 15.9. The molecule has 0 radical (unpaired) electrons. The van der Waals surface area contributed by atoms with E-state index in [-0.39, 0.29) is 5.97 Å². The second-order valence-electron chi connectivity index (χ2n) is 3.43. The molecule has 0 saturated heterocycles. The van der Waals surface area contributed by atoms with Crippen molar-refractivity contribution in [2.24, 2.45) is 0 Å². The maximum atomic E-state index is 11.7. The van der Waals surface area contributed by atoms with Crippen LogP contribution in [0, 0.1) is 6.92 Å². The Bertz CT molecular complexity index is 385. The number of thiazole rings is 1. The number of aromatic nitrogens is 1. The third-order valence-corrected chi connectivity index (χ3v) is 3.27. The first-order chi connectivity index (χ1) is 8.63. The first kappa shape index (κ1) is 15.1. The van der Waals surface area contributed by atoms with E-state index in [2.05, 4.69) is 4.98 Å². The molecule has 0 aliphatic rings. The van der Waals surface area contributed by atoms with Crippen LogP contribution in [0.25, 0.3) is 0 Å². The Labute approximate surface area is 111 Å². The van der Waals surface area contributed by atoms with Crippen molar-refractivity contribution >= 4 is 17.3 Å². The van der Waals surface area contributed by atoms with Crippen LogP contribution in [0.2, 0.25) is 0 Å². The summed E-state index contributed by atoms with van der Waals surface area (Å²) in [5.74, 6) is -0.342. The van der Waals surface area contributed by atoms with E-state index in [1.807, 2.05) is 13.8 Å². The zero-order valence-corrected chi connectivity index (χ0v) is 12.0. The van der Waals surface area contributed by atoms with E-state index < -0.39 is 6.29 Å². The summed E-state index contributed by atoms with van der Waals surface area (Å²) in [4.78, 5) is 16.5. The molecular formula is C12H19NO4S. The van der Waals surface area contributed by atoms with Gasteiger partial charge >= 0.3 is 5.97 Å². The van der Waals surface area contributed by atoms with Crippen LogP contribution in [0.15, 0.2) is 0 Å². The molecule has 0 aliphatic heterocycles. The molecule has 0 aliphatic carbocycles. The van der Waals surface area contributed by atoms with Crippen LogP contribution < -0.4 is 0 Å². The molecule has 1 rings (SSSR count). The number of rotatable bonds is 7. The van der Waals surface area contributed by atoms with Gasteiger partial charge in [0.05, 0.1) is 12.3 Å². The minimum absolute atomic E-state index is 0.342. The maximum Gasteiger partial charge on any atom is 0.350 e. The second kappa shape index (κ2) is 7.45. The van der Waals surface area contributed by atoms with Gasteiger partial charge in [-0.05, 0) is 27.7 Å². The SMILES string of the molecule is CCOC(=O)c1sc(C(OCC)OCC)nc1C. The molecule has 1 aromatic heterocycles. The second-order valence-corrected chi connectivity index (χ2v) is 4.46. The third kappa shape index (κ3) is 3.76. The Balaban J connectivity index is 2.89. The molecular weight excluding hydrogens is 254 g/mol. The average Bonchev–Trinajstić information content (AvgIpc) is 2.71. The van der Waals surface area contributed by atoms with Crippen LogP contribution in [-0.4, -0.2) is 30.8 Å². The Morgan fingerprint density at radius 2 is 1.83 bits per heavy atom. The number of esters is 1. The molecule has 0 atom stereocenters. The lowest BCUT2D eigenvalue weighted by atomic mass is 10.4. The van der Waals surface area contributed by atoms with Gasteiger partial charge in [0.1, 0.15) is 4.88 Å². The summed E-state index contributed by atoms with van der Waals surface area (Å²) in [6, 6.07) is 0. The number of ether oxygens (including phenoxy) is 3. The van der Waals surface area contributed by atoms with Gasteiger partial charge in [0.15, 0.2) is 5.01 Å². The predicted molar refractivity (Wildman–Crippen MR) is 68.8 cm³/mol. The minimum Gasteiger partial charge on any atom is -0.462 e. The van der Waals surface area contributed by atoms with Gasteiger partial charge in [-0.2, -0.15) is 0 Å². The van der Waals surface area contributed by atoms with E-state index in [4.69, 9.17) is 14.2 Å². The van der Waals surface area contributed by atoms with E-state index in [0.717, 1.165) is 0 Å². The van der Waals surface area contributed by atoms with Crippen LogP contribution in [0.3, 0.4) is 0 Å². The molecule has 0 N–H and O–H groups in total. The van der Waals surface area contributed by atoms with Crippen molar-refractivity contribution in [3.8, 4) is 0 Å². The van der Waals surface area contributed by atoms with Gasteiger partial charge in [-0.25, -0.2) is 9.78 Å². The Kier molecular flexibility index (Phi) is 6.24. The number of aryl methyl sites for hydroxylation is 1. The Morgan fingerprint density at radius 1 is 1.22 bits per heavy atom. The molecule has 0 spiro atoms. The fourth-order valence-electron chi connectivity index (χ4n) is 1.40. The van der Waals surface area contributed by atoms with Crippen LogP contribution in [0.1, 0.15) is 47.4 Å².